The van der Waals surface area contributed by atoms with E-state index in [1.807, 2.05) is 13.8 Å². The summed E-state index contributed by atoms with van der Waals surface area (Å²) in [6.07, 6.45) is 4.35. The molecule has 3 aliphatic heterocycles. The molecule has 0 aliphatic carbocycles. The van der Waals surface area contributed by atoms with Crippen molar-refractivity contribution in [2.75, 3.05) is 37.6 Å². The number of anilines is 1. The molecule has 2 unspecified atom stereocenters. The van der Waals surface area contributed by atoms with Crippen molar-refractivity contribution in [2.45, 2.75) is 50.8 Å². The summed E-state index contributed by atoms with van der Waals surface area (Å²) in [7, 11) is 0. The smallest absolute Gasteiger partial charge is 0.289 e. The van der Waals surface area contributed by atoms with E-state index >= 15 is 0 Å². The van der Waals surface area contributed by atoms with E-state index < -0.39 is 0 Å². The number of unbranched alkanes of at least 4 members (excludes halogenated alkanes) is 1. The number of carbonyl (C=O) groups excluding carboxylic acids is 2. The Kier molecular flexibility index (Phi) is 7.52. The number of para-hydroxylation sites is 1. The number of hydrogen-bond donors (Lipinski definition) is 0. The number of imide groups is 1. The predicted octanol–water partition coefficient (Wildman–Crippen LogP) is 4.05. The molecule has 0 radical (unpaired) electrons. The molecule has 160 valence electrons. The van der Waals surface area contributed by atoms with E-state index in [1.54, 1.807) is 0 Å². The van der Waals surface area contributed by atoms with Crippen LogP contribution in [-0.4, -0.2) is 65.0 Å². The summed E-state index contributed by atoms with van der Waals surface area (Å²) in [6, 6.07) is 9.45. The van der Waals surface area contributed by atoms with Crippen LogP contribution >= 0.6 is 24.2 Å². The molecule has 0 aromatic heterocycles. The summed E-state index contributed by atoms with van der Waals surface area (Å²) in [4.78, 5) is 31.1. The predicted molar refractivity (Wildman–Crippen MR) is 122 cm³/mol. The highest BCUT2D eigenvalue weighted by molar-refractivity contribution is 8.15. The molecule has 4 rings (SSSR count). The minimum absolute atomic E-state index is 0. The van der Waals surface area contributed by atoms with Gasteiger partial charge in [0.05, 0.1) is 5.25 Å². The lowest BCUT2D eigenvalue weighted by molar-refractivity contribution is -0.127. The van der Waals surface area contributed by atoms with Gasteiger partial charge < -0.3 is 4.90 Å². The second kappa shape index (κ2) is 9.71. The molecule has 0 spiro atoms. The fourth-order valence-corrected chi connectivity index (χ4v) is 5.73. The van der Waals surface area contributed by atoms with Crippen LogP contribution in [-0.2, 0) is 11.2 Å². The molecule has 2 saturated heterocycles. The largest absolute Gasteiger partial charge is 0.366 e. The van der Waals surface area contributed by atoms with Crippen molar-refractivity contribution in [1.29, 1.82) is 0 Å². The highest BCUT2D eigenvalue weighted by atomic mass is 35.5. The Balaban J connectivity index is 0.00000240. The van der Waals surface area contributed by atoms with Crippen LogP contribution in [0.5, 0.6) is 0 Å². The Labute approximate surface area is 184 Å². The van der Waals surface area contributed by atoms with E-state index in [0.29, 0.717) is 12.6 Å². The molecule has 0 bridgehead atoms. The lowest BCUT2D eigenvalue weighted by Gasteiger charge is -2.46. The monoisotopic (exact) mass is 437 g/mol. The highest BCUT2D eigenvalue weighted by Crippen LogP contribution is 2.33. The van der Waals surface area contributed by atoms with Crippen LogP contribution in [0.4, 0.5) is 10.5 Å². The van der Waals surface area contributed by atoms with Crippen molar-refractivity contribution in [3.63, 3.8) is 0 Å². The van der Waals surface area contributed by atoms with Crippen LogP contribution in [0.15, 0.2) is 24.3 Å². The lowest BCUT2D eigenvalue weighted by Crippen LogP contribution is -2.55. The molecule has 29 heavy (non-hydrogen) atoms. The molecule has 7 heteroatoms. The Morgan fingerprint density at radius 3 is 2.62 bits per heavy atom. The number of nitrogens with zero attached hydrogens (tertiary/aromatic N) is 3. The molecular weight excluding hydrogens is 406 g/mol. The highest BCUT2D eigenvalue weighted by Gasteiger charge is 2.40. The third kappa shape index (κ3) is 4.75. The van der Waals surface area contributed by atoms with Gasteiger partial charge in [-0.05, 0) is 49.8 Å². The van der Waals surface area contributed by atoms with Crippen LogP contribution in [0.2, 0.25) is 0 Å². The van der Waals surface area contributed by atoms with Gasteiger partial charge in [0.25, 0.3) is 5.24 Å². The summed E-state index contributed by atoms with van der Waals surface area (Å²) in [5.74, 6) is 0.225. The van der Waals surface area contributed by atoms with E-state index in [1.165, 1.54) is 40.8 Å². The van der Waals surface area contributed by atoms with Gasteiger partial charge in [-0.15, -0.1) is 12.4 Å². The SMILES string of the molecule is CC(C)C1SC(=O)N(CCCCN2CCN3c4ccccc4CCC3C2)C1=O.Cl. The average Bonchev–Trinajstić information content (AvgIpc) is 2.99. The normalized spacial score (nSPS) is 24.5. The number of amides is 2. The summed E-state index contributed by atoms with van der Waals surface area (Å²) in [5, 5.41) is -0.243. The minimum Gasteiger partial charge on any atom is -0.366 e. The summed E-state index contributed by atoms with van der Waals surface area (Å²) in [6.45, 7) is 8.97. The van der Waals surface area contributed by atoms with Crippen molar-refractivity contribution in [1.82, 2.24) is 9.80 Å². The fraction of sp³-hybridized carbons (Fsp3) is 0.636. The molecule has 3 heterocycles. The molecular formula is C22H32ClN3O2S. The van der Waals surface area contributed by atoms with E-state index in [4.69, 9.17) is 0 Å². The molecule has 2 atom stereocenters. The first-order valence-electron chi connectivity index (χ1n) is 10.6. The topological polar surface area (TPSA) is 43.9 Å². The van der Waals surface area contributed by atoms with Crippen molar-refractivity contribution in [3.05, 3.63) is 29.8 Å². The molecule has 0 N–H and O–H groups in total. The fourth-order valence-electron chi connectivity index (χ4n) is 4.71. The number of fused-ring (bicyclic) bond motifs is 3. The molecule has 5 nitrogen and oxygen atoms in total. The molecule has 3 aliphatic rings. The van der Waals surface area contributed by atoms with Crippen molar-refractivity contribution >= 4 is 41.0 Å². The first-order valence-corrected chi connectivity index (χ1v) is 11.5. The number of rotatable bonds is 6. The Bertz CT molecular complexity index is 745. The third-order valence-corrected chi connectivity index (χ3v) is 7.71. The number of halogens is 1. The van der Waals surface area contributed by atoms with E-state index in [2.05, 4.69) is 34.1 Å². The van der Waals surface area contributed by atoms with Gasteiger partial charge in [0.1, 0.15) is 0 Å². The summed E-state index contributed by atoms with van der Waals surface area (Å²) >= 11 is 1.20. The summed E-state index contributed by atoms with van der Waals surface area (Å²) < 4.78 is 0. The van der Waals surface area contributed by atoms with Crippen LogP contribution < -0.4 is 4.90 Å². The number of piperazine rings is 1. The molecule has 2 fully saturated rings. The second-order valence-corrected chi connectivity index (χ2v) is 9.65. The van der Waals surface area contributed by atoms with E-state index in [0.717, 1.165) is 39.0 Å². The average molecular weight is 438 g/mol. The number of benzene rings is 1. The Morgan fingerprint density at radius 1 is 1.10 bits per heavy atom. The van der Waals surface area contributed by atoms with Crippen molar-refractivity contribution < 1.29 is 9.59 Å². The zero-order chi connectivity index (χ0) is 19.7. The molecule has 2 amide bonds. The number of thioether (sulfide) groups is 1. The van der Waals surface area contributed by atoms with Gasteiger partial charge in [-0.3, -0.25) is 19.4 Å². The van der Waals surface area contributed by atoms with Crippen LogP contribution in [0, 0.1) is 5.92 Å². The molecule has 1 aromatic rings. The third-order valence-electron chi connectivity index (χ3n) is 6.28. The van der Waals surface area contributed by atoms with Gasteiger partial charge in [0.15, 0.2) is 0 Å². The standard InChI is InChI=1S/C22H31N3O2S.ClH/c1-16(2)20-21(26)25(22(27)28-20)12-6-5-11-23-13-14-24-18(15-23)10-9-17-7-3-4-8-19(17)24;/h3-4,7-8,16,18,20H,5-6,9-15H2,1-2H3;1H. The first-order chi connectivity index (χ1) is 13.5. The number of hydrogen-bond acceptors (Lipinski definition) is 5. The second-order valence-electron chi connectivity index (χ2n) is 8.56. The first kappa shape index (κ1) is 22.4. The van der Waals surface area contributed by atoms with Gasteiger partial charge in [0, 0.05) is 37.9 Å². The van der Waals surface area contributed by atoms with E-state index in [9.17, 15) is 9.59 Å². The van der Waals surface area contributed by atoms with Gasteiger partial charge in [-0.1, -0.05) is 43.8 Å². The maximum atomic E-state index is 12.4. The quantitative estimate of drug-likeness (QED) is 0.628. The maximum absolute atomic E-state index is 12.4. The van der Waals surface area contributed by atoms with Gasteiger partial charge in [-0.2, -0.15) is 0 Å². The molecule has 0 saturated carbocycles. The maximum Gasteiger partial charge on any atom is 0.289 e. The Morgan fingerprint density at radius 2 is 1.86 bits per heavy atom. The van der Waals surface area contributed by atoms with Crippen LogP contribution in [0.1, 0.15) is 38.7 Å². The molecule has 1 aromatic carbocycles. The zero-order valence-corrected chi connectivity index (χ0v) is 19.0. The van der Waals surface area contributed by atoms with Crippen LogP contribution in [0.3, 0.4) is 0 Å². The Hall–Kier alpha value is -1.24. The zero-order valence-electron chi connectivity index (χ0n) is 17.4. The van der Waals surface area contributed by atoms with Crippen molar-refractivity contribution in [2.24, 2.45) is 5.92 Å². The van der Waals surface area contributed by atoms with Crippen LogP contribution in [0.25, 0.3) is 0 Å². The van der Waals surface area contributed by atoms with E-state index in [-0.39, 0.29) is 34.7 Å². The summed E-state index contributed by atoms with van der Waals surface area (Å²) in [5.41, 5.74) is 2.92. The van der Waals surface area contributed by atoms with Gasteiger partial charge in [0.2, 0.25) is 5.91 Å². The number of aryl methyl sites for hydroxylation is 1. The minimum atomic E-state index is -0.185. The lowest BCUT2D eigenvalue weighted by atomic mass is 9.94. The van der Waals surface area contributed by atoms with Gasteiger partial charge >= 0.3 is 0 Å². The van der Waals surface area contributed by atoms with Gasteiger partial charge in [-0.25, -0.2) is 0 Å². The number of carbonyl (C=O) groups is 2. The van der Waals surface area contributed by atoms with Crippen molar-refractivity contribution in [3.8, 4) is 0 Å².